The van der Waals surface area contributed by atoms with Gasteiger partial charge >= 0.3 is 0 Å². The molecule has 1 unspecified atom stereocenters. The molecule has 2 N–H and O–H groups in total. The second kappa shape index (κ2) is 8.28. The molecule has 0 aromatic heterocycles. The number of hydrogen-bond acceptors (Lipinski definition) is 2. The molecule has 0 amide bonds. The normalized spacial score (nSPS) is 12.9. The molecular formula is C16H28N2. The lowest BCUT2D eigenvalue weighted by atomic mass is 10.0. The zero-order valence-electron chi connectivity index (χ0n) is 12.2. The van der Waals surface area contributed by atoms with Crippen LogP contribution in [-0.2, 0) is 13.1 Å². The van der Waals surface area contributed by atoms with E-state index in [9.17, 15) is 0 Å². The Bertz CT molecular complexity index is 336. The van der Waals surface area contributed by atoms with E-state index in [0.29, 0.717) is 6.54 Å². The molecule has 0 spiro atoms. The summed E-state index contributed by atoms with van der Waals surface area (Å²) in [6.45, 7) is 10.8. The van der Waals surface area contributed by atoms with Gasteiger partial charge in [0.05, 0.1) is 0 Å². The van der Waals surface area contributed by atoms with E-state index in [-0.39, 0.29) is 0 Å². The average Bonchev–Trinajstić information content (AvgIpc) is 2.38. The standard InChI is InChI=1S/C16H28N2/c1-4-8-14(3)12-18(5-2)13-16-10-7-6-9-15(16)11-17/h6-7,9-10,14H,4-5,8,11-13,17H2,1-3H3. The fourth-order valence-electron chi connectivity index (χ4n) is 2.48. The van der Waals surface area contributed by atoms with E-state index in [2.05, 4.69) is 49.9 Å². The quantitative estimate of drug-likeness (QED) is 0.764. The van der Waals surface area contributed by atoms with Gasteiger partial charge < -0.3 is 5.73 Å². The maximum absolute atomic E-state index is 5.80. The van der Waals surface area contributed by atoms with Crippen molar-refractivity contribution >= 4 is 0 Å². The summed E-state index contributed by atoms with van der Waals surface area (Å²) in [7, 11) is 0. The largest absolute Gasteiger partial charge is 0.326 e. The Morgan fingerprint density at radius 1 is 1.17 bits per heavy atom. The molecule has 0 saturated heterocycles. The van der Waals surface area contributed by atoms with Gasteiger partial charge in [-0.15, -0.1) is 0 Å². The SMILES string of the molecule is CCCC(C)CN(CC)Cc1ccccc1CN. The fourth-order valence-corrected chi connectivity index (χ4v) is 2.48. The van der Waals surface area contributed by atoms with Crippen LogP contribution >= 0.6 is 0 Å². The van der Waals surface area contributed by atoms with Crippen LogP contribution in [0.4, 0.5) is 0 Å². The Hall–Kier alpha value is -0.860. The molecule has 1 aromatic carbocycles. The molecular weight excluding hydrogens is 220 g/mol. The number of hydrogen-bond donors (Lipinski definition) is 1. The summed E-state index contributed by atoms with van der Waals surface area (Å²) < 4.78 is 0. The highest BCUT2D eigenvalue weighted by Crippen LogP contribution is 2.14. The van der Waals surface area contributed by atoms with Crippen LogP contribution in [0.2, 0.25) is 0 Å². The van der Waals surface area contributed by atoms with Crippen molar-refractivity contribution in [3.63, 3.8) is 0 Å². The first-order chi connectivity index (χ1) is 8.71. The van der Waals surface area contributed by atoms with Crippen molar-refractivity contribution < 1.29 is 0 Å². The molecule has 102 valence electrons. The summed E-state index contributed by atoms with van der Waals surface area (Å²) in [5, 5.41) is 0. The first-order valence-corrected chi connectivity index (χ1v) is 7.20. The van der Waals surface area contributed by atoms with Crippen molar-refractivity contribution in [2.45, 2.75) is 46.7 Å². The number of nitrogens with zero attached hydrogens (tertiary/aromatic N) is 1. The van der Waals surface area contributed by atoms with Crippen LogP contribution in [0, 0.1) is 5.92 Å². The zero-order valence-corrected chi connectivity index (χ0v) is 12.2. The number of rotatable bonds is 8. The minimum atomic E-state index is 0.637. The molecule has 0 heterocycles. The van der Waals surface area contributed by atoms with E-state index in [0.717, 1.165) is 19.0 Å². The lowest BCUT2D eigenvalue weighted by Crippen LogP contribution is -2.28. The smallest absolute Gasteiger partial charge is 0.0236 e. The van der Waals surface area contributed by atoms with Crippen molar-refractivity contribution in [2.24, 2.45) is 11.7 Å². The minimum Gasteiger partial charge on any atom is -0.326 e. The monoisotopic (exact) mass is 248 g/mol. The van der Waals surface area contributed by atoms with Crippen molar-refractivity contribution in [3.05, 3.63) is 35.4 Å². The molecule has 0 saturated carbocycles. The van der Waals surface area contributed by atoms with Gasteiger partial charge in [-0.05, 0) is 30.0 Å². The maximum atomic E-state index is 5.80. The molecule has 0 aliphatic carbocycles. The third-order valence-corrected chi connectivity index (χ3v) is 3.53. The highest BCUT2D eigenvalue weighted by atomic mass is 15.1. The predicted molar refractivity (Wildman–Crippen MR) is 79.4 cm³/mol. The lowest BCUT2D eigenvalue weighted by molar-refractivity contribution is 0.234. The van der Waals surface area contributed by atoms with Crippen LogP contribution in [0.1, 0.15) is 44.7 Å². The Labute approximate surface area is 112 Å². The molecule has 0 bridgehead atoms. The Balaban J connectivity index is 2.61. The molecule has 1 rings (SSSR count). The molecule has 2 heteroatoms. The van der Waals surface area contributed by atoms with Gasteiger partial charge in [-0.2, -0.15) is 0 Å². The molecule has 18 heavy (non-hydrogen) atoms. The van der Waals surface area contributed by atoms with E-state index >= 15 is 0 Å². The maximum Gasteiger partial charge on any atom is 0.0236 e. The van der Waals surface area contributed by atoms with E-state index in [1.165, 1.54) is 30.5 Å². The van der Waals surface area contributed by atoms with E-state index in [1.54, 1.807) is 0 Å². The molecule has 1 atom stereocenters. The van der Waals surface area contributed by atoms with Gasteiger partial charge in [-0.25, -0.2) is 0 Å². The highest BCUT2D eigenvalue weighted by molar-refractivity contribution is 5.26. The summed E-state index contributed by atoms with van der Waals surface area (Å²) >= 11 is 0. The van der Waals surface area contributed by atoms with Crippen LogP contribution in [0.15, 0.2) is 24.3 Å². The molecule has 0 fully saturated rings. The van der Waals surface area contributed by atoms with Gasteiger partial charge in [0.2, 0.25) is 0 Å². The van der Waals surface area contributed by atoms with Gasteiger partial charge in [0.15, 0.2) is 0 Å². The van der Waals surface area contributed by atoms with Gasteiger partial charge in [-0.1, -0.05) is 51.5 Å². The average molecular weight is 248 g/mol. The van der Waals surface area contributed by atoms with Crippen LogP contribution in [-0.4, -0.2) is 18.0 Å². The highest BCUT2D eigenvalue weighted by Gasteiger charge is 2.10. The summed E-state index contributed by atoms with van der Waals surface area (Å²) in [6, 6.07) is 8.52. The van der Waals surface area contributed by atoms with Crippen LogP contribution in [0.5, 0.6) is 0 Å². The molecule has 1 aromatic rings. The molecule has 0 aliphatic heterocycles. The van der Waals surface area contributed by atoms with Crippen LogP contribution in [0.3, 0.4) is 0 Å². The Morgan fingerprint density at radius 2 is 1.83 bits per heavy atom. The summed E-state index contributed by atoms with van der Waals surface area (Å²) in [6.07, 6.45) is 2.59. The van der Waals surface area contributed by atoms with Crippen molar-refractivity contribution in [1.29, 1.82) is 0 Å². The topological polar surface area (TPSA) is 29.3 Å². The van der Waals surface area contributed by atoms with E-state index in [4.69, 9.17) is 5.73 Å². The second-order valence-corrected chi connectivity index (χ2v) is 5.19. The third-order valence-electron chi connectivity index (χ3n) is 3.53. The molecule has 0 aliphatic rings. The van der Waals surface area contributed by atoms with E-state index < -0.39 is 0 Å². The first kappa shape index (κ1) is 15.2. The van der Waals surface area contributed by atoms with Crippen molar-refractivity contribution in [3.8, 4) is 0 Å². The number of benzene rings is 1. The Morgan fingerprint density at radius 3 is 2.39 bits per heavy atom. The summed E-state index contributed by atoms with van der Waals surface area (Å²) in [5.41, 5.74) is 8.46. The predicted octanol–water partition coefficient (Wildman–Crippen LogP) is 3.40. The minimum absolute atomic E-state index is 0.637. The van der Waals surface area contributed by atoms with Crippen molar-refractivity contribution in [1.82, 2.24) is 4.90 Å². The van der Waals surface area contributed by atoms with Crippen LogP contribution in [0.25, 0.3) is 0 Å². The summed E-state index contributed by atoms with van der Waals surface area (Å²) in [4.78, 5) is 2.52. The van der Waals surface area contributed by atoms with E-state index in [1.807, 2.05) is 0 Å². The van der Waals surface area contributed by atoms with Gasteiger partial charge in [0.25, 0.3) is 0 Å². The fraction of sp³-hybridized carbons (Fsp3) is 0.625. The van der Waals surface area contributed by atoms with Gasteiger partial charge in [-0.3, -0.25) is 4.90 Å². The summed E-state index contributed by atoms with van der Waals surface area (Å²) in [5.74, 6) is 0.778. The van der Waals surface area contributed by atoms with Gasteiger partial charge in [0, 0.05) is 19.6 Å². The molecule has 0 radical (unpaired) electrons. The Kier molecular flexibility index (Phi) is 6.99. The second-order valence-electron chi connectivity index (χ2n) is 5.19. The lowest BCUT2D eigenvalue weighted by Gasteiger charge is -2.25. The first-order valence-electron chi connectivity index (χ1n) is 7.20. The van der Waals surface area contributed by atoms with Crippen molar-refractivity contribution in [2.75, 3.05) is 13.1 Å². The zero-order chi connectivity index (χ0) is 13.4. The van der Waals surface area contributed by atoms with Crippen LogP contribution < -0.4 is 5.73 Å². The van der Waals surface area contributed by atoms with Gasteiger partial charge in [0.1, 0.15) is 0 Å². The number of nitrogens with two attached hydrogens (primary N) is 1. The third kappa shape index (κ3) is 4.79. The molecule has 2 nitrogen and oxygen atoms in total.